The lowest BCUT2D eigenvalue weighted by atomic mass is 10.1. The zero-order valence-electron chi connectivity index (χ0n) is 9.72. The molecule has 1 aromatic heterocycles. The summed E-state index contributed by atoms with van der Waals surface area (Å²) in [6, 6.07) is 7.55. The molecular weight excluding hydrogens is 186 g/mol. The molecule has 0 spiro atoms. The Bertz CT molecular complexity index is 517. The number of hydrogen-bond acceptors (Lipinski definition) is 1. The molecule has 0 unspecified atom stereocenters. The summed E-state index contributed by atoms with van der Waals surface area (Å²) < 4.78 is 0. The van der Waals surface area contributed by atoms with Crippen molar-refractivity contribution in [1.82, 2.24) is 4.98 Å². The number of aryl methyl sites for hydroxylation is 2. The minimum Gasteiger partial charge on any atom is -0.322 e. The van der Waals surface area contributed by atoms with E-state index in [0.717, 1.165) is 16.5 Å². The van der Waals surface area contributed by atoms with E-state index in [9.17, 15) is 4.79 Å². The Morgan fingerprint density at radius 2 is 1.80 bits per heavy atom. The Morgan fingerprint density at radius 3 is 2.47 bits per heavy atom. The minimum absolute atomic E-state index is 0. The van der Waals surface area contributed by atoms with Crippen LogP contribution in [-0.4, -0.2) is 4.98 Å². The lowest BCUT2D eigenvalue weighted by Gasteiger charge is -2.02. The molecule has 0 aliphatic rings. The van der Waals surface area contributed by atoms with Crippen LogP contribution in [0.2, 0.25) is 0 Å². The zero-order chi connectivity index (χ0) is 11.4. The lowest BCUT2D eigenvalue weighted by molar-refractivity contribution is 1.27. The van der Waals surface area contributed by atoms with Gasteiger partial charge in [0.15, 0.2) is 0 Å². The molecule has 82 valence electrons. The third kappa shape index (κ3) is 2.46. The van der Waals surface area contributed by atoms with Crippen LogP contribution in [0.4, 0.5) is 0 Å². The number of pyridine rings is 1. The van der Waals surface area contributed by atoms with Crippen LogP contribution in [0.3, 0.4) is 0 Å². The van der Waals surface area contributed by atoms with Crippen LogP contribution in [0.15, 0.2) is 29.1 Å². The summed E-state index contributed by atoms with van der Waals surface area (Å²) >= 11 is 0. The maximum atomic E-state index is 11.1. The van der Waals surface area contributed by atoms with Gasteiger partial charge in [0.2, 0.25) is 5.56 Å². The summed E-state index contributed by atoms with van der Waals surface area (Å²) in [6.45, 7) is 8.06. The predicted molar refractivity (Wildman–Crippen MR) is 67.5 cm³/mol. The zero-order valence-corrected chi connectivity index (χ0v) is 9.72. The molecule has 0 aliphatic carbocycles. The fraction of sp³-hybridized carbons (Fsp3) is 0.308. The molecule has 0 saturated carbocycles. The third-order valence-electron chi connectivity index (χ3n) is 2.17. The standard InChI is InChI=1S/C11H11NO.C2H6.H2/c1-7-5-8(2)11-9(6-7)3-4-10(13)12-11;1-2;/h3-6H,1-2H3,(H,12,13);1-2H3;1H. The molecule has 0 aliphatic heterocycles. The first kappa shape index (κ1) is 11.5. The third-order valence-corrected chi connectivity index (χ3v) is 2.17. The normalized spacial score (nSPS) is 9.60. The van der Waals surface area contributed by atoms with Crippen molar-refractivity contribution < 1.29 is 1.43 Å². The molecule has 1 aromatic carbocycles. The van der Waals surface area contributed by atoms with Crippen molar-refractivity contribution in [2.45, 2.75) is 27.7 Å². The number of aromatic nitrogens is 1. The number of nitrogens with one attached hydrogen (secondary N) is 1. The van der Waals surface area contributed by atoms with Gasteiger partial charge in [0.05, 0.1) is 5.52 Å². The second kappa shape index (κ2) is 4.78. The molecule has 2 rings (SSSR count). The molecule has 2 aromatic rings. The first-order chi connectivity index (χ1) is 7.16. The Hall–Kier alpha value is -1.57. The van der Waals surface area contributed by atoms with Crippen molar-refractivity contribution in [3.63, 3.8) is 0 Å². The average molecular weight is 205 g/mol. The summed E-state index contributed by atoms with van der Waals surface area (Å²) in [6.07, 6.45) is 0. The van der Waals surface area contributed by atoms with E-state index in [1.54, 1.807) is 6.07 Å². The van der Waals surface area contributed by atoms with Gasteiger partial charge in [-0.15, -0.1) is 0 Å². The van der Waals surface area contributed by atoms with Gasteiger partial charge in [-0.05, 0) is 36.9 Å². The van der Waals surface area contributed by atoms with E-state index in [1.807, 2.05) is 26.8 Å². The van der Waals surface area contributed by atoms with Gasteiger partial charge in [-0.2, -0.15) is 0 Å². The van der Waals surface area contributed by atoms with E-state index >= 15 is 0 Å². The van der Waals surface area contributed by atoms with Crippen LogP contribution in [0.1, 0.15) is 26.4 Å². The highest BCUT2D eigenvalue weighted by molar-refractivity contribution is 5.82. The van der Waals surface area contributed by atoms with E-state index in [-0.39, 0.29) is 6.99 Å². The van der Waals surface area contributed by atoms with Crippen molar-refractivity contribution in [2.24, 2.45) is 0 Å². The van der Waals surface area contributed by atoms with Gasteiger partial charge < -0.3 is 4.98 Å². The average Bonchev–Trinajstić information content (AvgIpc) is 2.22. The van der Waals surface area contributed by atoms with Crippen LogP contribution >= 0.6 is 0 Å². The number of hydrogen-bond donors (Lipinski definition) is 1. The molecule has 0 radical (unpaired) electrons. The Labute approximate surface area is 91.4 Å². The highest BCUT2D eigenvalue weighted by Gasteiger charge is 1.98. The summed E-state index contributed by atoms with van der Waals surface area (Å²) in [4.78, 5) is 13.9. The van der Waals surface area contributed by atoms with E-state index < -0.39 is 0 Å². The molecule has 1 N–H and O–H groups in total. The maximum Gasteiger partial charge on any atom is 0.248 e. The van der Waals surface area contributed by atoms with Crippen molar-refractivity contribution in [3.8, 4) is 0 Å². The molecule has 0 atom stereocenters. The van der Waals surface area contributed by atoms with Crippen LogP contribution in [0, 0.1) is 13.8 Å². The first-order valence-electron chi connectivity index (χ1n) is 5.27. The summed E-state index contributed by atoms with van der Waals surface area (Å²) in [5.74, 6) is 0. The molecule has 2 nitrogen and oxygen atoms in total. The number of benzene rings is 1. The predicted octanol–water partition coefficient (Wildman–Crippen LogP) is 3.42. The topological polar surface area (TPSA) is 32.9 Å². The summed E-state index contributed by atoms with van der Waals surface area (Å²) in [5.41, 5.74) is 3.24. The van der Waals surface area contributed by atoms with Crippen LogP contribution in [0.25, 0.3) is 10.9 Å². The molecule has 0 bridgehead atoms. The number of H-pyrrole nitrogens is 1. The second-order valence-electron chi connectivity index (χ2n) is 3.37. The van der Waals surface area contributed by atoms with Crippen molar-refractivity contribution in [1.29, 1.82) is 0 Å². The van der Waals surface area contributed by atoms with Gasteiger partial charge >= 0.3 is 0 Å². The molecule has 2 heteroatoms. The fourth-order valence-electron chi connectivity index (χ4n) is 1.63. The Morgan fingerprint density at radius 1 is 1.13 bits per heavy atom. The van der Waals surface area contributed by atoms with Crippen LogP contribution in [0.5, 0.6) is 0 Å². The van der Waals surface area contributed by atoms with E-state index in [0.29, 0.717) is 0 Å². The smallest absolute Gasteiger partial charge is 0.248 e. The number of fused-ring (bicyclic) bond motifs is 1. The van der Waals surface area contributed by atoms with Crippen molar-refractivity contribution in [3.05, 3.63) is 45.7 Å². The molecular formula is C13H19NO. The van der Waals surface area contributed by atoms with Crippen molar-refractivity contribution >= 4 is 10.9 Å². The van der Waals surface area contributed by atoms with Crippen molar-refractivity contribution in [2.75, 3.05) is 0 Å². The van der Waals surface area contributed by atoms with E-state index in [1.165, 1.54) is 5.56 Å². The van der Waals surface area contributed by atoms with Crippen LogP contribution in [-0.2, 0) is 0 Å². The van der Waals surface area contributed by atoms with Crippen LogP contribution < -0.4 is 5.56 Å². The largest absolute Gasteiger partial charge is 0.322 e. The lowest BCUT2D eigenvalue weighted by Crippen LogP contribution is -2.03. The monoisotopic (exact) mass is 205 g/mol. The fourth-order valence-corrected chi connectivity index (χ4v) is 1.63. The molecule has 0 amide bonds. The highest BCUT2D eigenvalue weighted by Crippen LogP contribution is 2.16. The first-order valence-corrected chi connectivity index (χ1v) is 5.27. The molecule has 1 heterocycles. The second-order valence-corrected chi connectivity index (χ2v) is 3.37. The summed E-state index contributed by atoms with van der Waals surface area (Å²) in [5, 5.41) is 1.09. The quantitative estimate of drug-likeness (QED) is 0.702. The van der Waals surface area contributed by atoms with E-state index in [2.05, 4.69) is 24.0 Å². The SMILES string of the molecule is CC.Cc1cc(C)c2[nH]c(=O)ccc2c1.[HH]. The maximum absolute atomic E-state index is 11.1. The molecule has 0 fully saturated rings. The Balaban J connectivity index is 0.000000711. The molecule has 0 saturated heterocycles. The highest BCUT2D eigenvalue weighted by atomic mass is 16.1. The van der Waals surface area contributed by atoms with Gasteiger partial charge in [0.25, 0.3) is 0 Å². The van der Waals surface area contributed by atoms with Gasteiger partial charge in [-0.25, -0.2) is 0 Å². The number of rotatable bonds is 0. The molecule has 15 heavy (non-hydrogen) atoms. The van der Waals surface area contributed by atoms with Gasteiger partial charge in [0, 0.05) is 7.49 Å². The summed E-state index contributed by atoms with van der Waals surface area (Å²) in [7, 11) is 0. The van der Waals surface area contributed by atoms with Gasteiger partial charge in [-0.1, -0.05) is 25.5 Å². The minimum atomic E-state index is -0.0422. The van der Waals surface area contributed by atoms with Gasteiger partial charge in [-0.3, -0.25) is 4.79 Å². The Kier molecular flexibility index (Phi) is 3.67. The van der Waals surface area contributed by atoms with E-state index in [4.69, 9.17) is 0 Å². The van der Waals surface area contributed by atoms with Gasteiger partial charge in [0.1, 0.15) is 0 Å². The number of aromatic amines is 1.